The topological polar surface area (TPSA) is 0 Å². The van der Waals surface area contributed by atoms with Crippen LogP contribution in [0.3, 0.4) is 0 Å². The van der Waals surface area contributed by atoms with Gasteiger partial charge in [-0.1, -0.05) is 56.7 Å². The lowest BCUT2D eigenvalue weighted by atomic mass is 10.2. The monoisotopic (exact) mass is 136 g/mol. The minimum Gasteiger partial charge on any atom is -0.0991 e. The fourth-order valence-electron chi connectivity index (χ4n) is 0.639. The van der Waals surface area contributed by atoms with Crippen LogP contribution in [0.15, 0.2) is 37.0 Å². The van der Waals surface area contributed by atoms with Crippen molar-refractivity contribution < 1.29 is 0 Å². The first-order valence-electron chi connectivity index (χ1n) is 3.86. The summed E-state index contributed by atoms with van der Waals surface area (Å²) in [5.74, 6) is 0. The molecule has 56 valence electrons. The quantitative estimate of drug-likeness (QED) is 0.401. The van der Waals surface area contributed by atoms with Crippen molar-refractivity contribution >= 4 is 0 Å². The van der Waals surface area contributed by atoms with Crippen molar-refractivity contribution in [2.24, 2.45) is 0 Å². The van der Waals surface area contributed by atoms with E-state index in [-0.39, 0.29) is 0 Å². The van der Waals surface area contributed by atoms with Gasteiger partial charge in [0.2, 0.25) is 0 Å². The molecule has 0 nitrogen and oxygen atoms in total. The molecule has 0 aliphatic heterocycles. The molecule has 0 heteroatoms. The molecule has 0 rings (SSSR count). The second kappa shape index (κ2) is 8.22. The van der Waals surface area contributed by atoms with E-state index in [1.165, 1.54) is 19.3 Å². The molecule has 0 aliphatic rings. The van der Waals surface area contributed by atoms with Gasteiger partial charge in [-0.05, 0) is 6.42 Å². The van der Waals surface area contributed by atoms with Crippen molar-refractivity contribution in [1.82, 2.24) is 0 Å². The summed E-state index contributed by atoms with van der Waals surface area (Å²) >= 11 is 0. The van der Waals surface area contributed by atoms with E-state index >= 15 is 0 Å². The highest BCUT2D eigenvalue weighted by atomic mass is 13.8. The van der Waals surface area contributed by atoms with Gasteiger partial charge < -0.3 is 0 Å². The Morgan fingerprint density at radius 1 is 1.20 bits per heavy atom. The lowest BCUT2D eigenvalue weighted by Gasteiger charge is -1.84. The molecule has 0 aromatic carbocycles. The van der Waals surface area contributed by atoms with Crippen LogP contribution in [0.4, 0.5) is 0 Å². The average molecular weight is 136 g/mol. The fraction of sp³-hybridized carbons (Fsp3) is 0.400. The molecule has 0 saturated heterocycles. The summed E-state index contributed by atoms with van der Waals surface area (Å²) in [6.07, 6.45) is 13.7. The Hall–Kier alpha value is -0.780. The van der Waals surface area contributed by atoms with Crippen molar-refractivity contribution in [3.8, 4) is 0 Å². The highest BCUT2D eigenvalue weighted by molar-refractivity contribution is 5.08. The molecule has 0 unspecified atom stereocenters. The normalized spacial score (nSPS) is 11.3. The second-order valence-electron chi connectivity index (χ2n) is 2.19. The highest BCUT2D eigenvalue weighted by Gasteiger charge is 1.74. The van der Waals surface area contributed by atoms with Crippen LogP contribution in [-0.4, -0.2) is 0 Å². The molecule has 0 aliphatic carbocycles. The number of unbranched alkanes of at least 4 members (excludes halogenated alkanes) is 2. The van der Waals surface area contributed by atoms with Crippen LogP contribution >= 0.6 is 0 Å². The summed E-state index contributed by atoms with van der Waals surface area (Å²) < 4.78 is 0. The smallest absolute Gasteiger partial charge is 0.0348 e. The van der Waals surface area contributed by atoms with E-state index in [1.54, 1.807) is 6.08 Å². The molecular weight excluding hydrogens is 120 g/mol. The van der Waals surface area contributed by atoms with Crippen LogP contribution in [0.25, 0.3) is 0 Å². The fourth-order valence-corrected chi connectivity index (χ4v) is 0.639. The van der Waals surface area contributed by atoms with Crippen LogP contribution in [0.2, 0.25) is 0 Å². The third kappa shape index (κ3) is 7.22. The lowest BCUT2D eigenvalue weighted by Crippen LogP contribution is -1.64. The number of rotatable bonds is 5. The molecular formula is C10H16. The van der Waals surface area contributed by atoms with E-state index in [1.807, 2.05) is 12.2 Å². The second-order valence-corrected chi connectivity index (χ2v) is 2.19. The molecule has 0 atom stereocenters. The van der Waals surface area contributed by atoms with E-state index in [2.05, 4.69) is 25.7 Å². The summed E-state index contributed by atoms with van der Waals surface area (Å²) in [6.45, 7) is 5.78. The minimum atomic E-state index is 1.19. The minimum absolute atomic E-state index is 1.19. The molecule has 0 fully saturated rings. The van der Waals surface area contributed by atoms with Gasteiger partial charge in [0.15, 0.2) is 0 Å². The molecule has 0 spiro atoms. The van der Waals surface area contributed by atoms with E-state index in [0.29, 0.717) is 0 Å². The van der Waals surface area contributed by atoms with Gasteiger partial charge in [-0.2, -0.15) is 0 Å². The molecule has 0 aromatic rings. The van der Waals surface area contributed by atoms with Gasteiger partial charge in [-0.3, -0.25) is 0 Å². The first-order valence-corrected chi connectivity index (χ1v) is 3.86. The van der Waals surface area contributed by atoms with Crippen molar-refractivity contribution in [3.63, 3.8) is 0 Å². The van der Waals surface area contributed by atoms with Crippen LogP contribution in [0.5, 0.6) is 0 Å². The molecule has 0 radical (unpaired) electrons. The van der Waals surface area contributed by atoms with Crippen molar-refractivity contribution in [2.45, 2.75) is 26.2 Å². The van der Waals surface area contributed by atoms with E-state index < -0.39 is 0 Å². The summed E-state index contributed by atoms with van der Waals surface area (Å²) in [5.41, 5.74) is 0. The lowest BCUT2D eigenvalue weighted by molar-refractivity contribution is 0.815. The Morgan fingerprint density at radius 3 is 2.60 bits per heavy atom. The largest absolute Gasteiger partial charge is 0.0991 e. The predicted octanol–water partition coefficient (Wildman–Crippen LogP) is 3.48. The standard InChI is InChI=1S/C10H16/c1-3-5-7-9-10-8-6-4-2/h3,5,7,9-10H,1,4,6,8H2,2H3/b7-5+,10-9?. The molecule has 0 bridgehead atoms. The molecule has 0 amide bonds. The number of hydrogen-bond donors (Lipinski definition) is 0. The van der Waals surface area contributed by atoms with Gasteiger partial charge in [-0.25, -0.2) is 0 Å². The van der Waals surface area contributed by atoms with E-state index in [4.69, 9.17) is 0 Å². The van der Waals surface area contributed by atoms with Crippen molar-refractivity contribution in [1.29, 1.82) is 0 Å². The Labute approximate surface area is 64.0 Å². The Kier molecular flexibility index (Phi) is 7.58. The summed E-state index contributed by atoms with van der Waals surface area (Å²) in [5, 5.41) is 0. The van der Waals surface area contributed by atoms with Crippen molar-refractivity contribution in [3.05, 3.63) is 37.0 Å². The zero-order valence-corrected chi connectivity index (χ0v) is 6.72. The van der Waals surface area contributed by atoms with Crippen molar-refractivity contribution in [2.75, 3.05) is 0 Å². The summed E-state index contributed by atoms with van der Waals surface area (Å²) in [7, 11) is 0. The van der Waals surface area contributed by atoms with Gasteiger partial charge in [0.1, 0.15) is 0 Å². The predicted molar refractivity (Wildman–Crippen MR) is 48.0 cm³/mol. The summed E-state index contributed by atoms with van der Waals surface area (Å²) in [6, 6.07) is 0. The molecule has 0 N–H and O–H groups in total. The van der Waals surface area contributed by atoms with E-state index in [0.717, 1.165) is 0 Å². The van der Waals surface area contributed by atoms with Crippen LogP contribution in [0.1, 0.15) is 26.2 Å². The number of hydrogen-bond acceptors (Lipinski definition) is 0. The van der Waals surface area contributed by atoms with Gasteiger partial charge >= 0.3 is 0 Å². The molecule has 0 aromatic heterocycles. The van der Waals surface area contributed by atoms with Gasteiger partial charge in [0.05, 0.1) is 0 Å². The number of allylic oxidation sites excluding steroid dienone is 5. The van der Waals surface area contributed by atoms with Gasteiger partial charge in [0.25, 0.3) is 0 Å². The van der Waals surface area contributed by atoms with Gasteiger partial charge in [0, 0.05) is 0 Å². The summed E-state index contributed by atoms with van der Waals surface area (Å²) in [4.78, 5) is 0. The third-order valence-electron chi connectivity index (χ3n) is 1.22. The van der Waals surface area contributed by atoms with Crippen LogP contribution < -0.4 is 0 Å². The van der Waals surface area contributed by atoms with Crippen LogP contribution in [0, 0.1) is 0 Å². The first kappa shape index (κ1) is 9.22. The van der Waals surface area contributed by atoms with Crippen LogP contribution in [-0.2, 0) is 0 Å². The Morgan fingerprint density at radius 2 is 2.00 bits per heavy atom. The first-order chi connectivity index (χ1) is 4.91. The molecule has 0 saturated carbocycles. The highest BCUT2D eigenvalue weighted by Crippen LogP contribution is 1.94. The maximum Gasteiger partial charge on any atom is -0.0348 e. The zero-order chi connectivity index (χ0) is 7.66. The zero-order valence-electron chi connectivity index (χ0n) is 6.72. The SMILES string of the molecule is C=C/C=C/C=CCCCC. The maximum absolute atomic E-state index is 3.57. The Balaban J connectivity index is 3.19. The Bertz CT molecular complexity index is 118. The molecule has 10 heavy (non-hydrogen) atoms. The maximum atomic E-state index is 3.57. The van der Waals surface area contributed by atoms with E-state index in [9.17, 15) is 0 Å². The average Bonchev–Trinajstić information content (AvgIpc) is 1.97. The third-order valence-corrected chi connectivity index (χ3v) is 1.22. The molecule has 0 heterocycles. The van der Waals surface area contributed by atoms with Gasteiger partial charge in [-0.15, -0.1) is 0 Å².